The number of benzene rings is 1. The lowest BCUT2D eigenvalue weighted by molar-refractivity contribution is -0.136. The Hall–Kier alpha value is -2.70. The SMILES string of the molecule is CC1CC(Nc2cccc3c2C(=O)N(C2CCC(=O)NC2=O)C3=O)CCC1CC1CCCCC1. The van der Waals surface area contributed by atoms with Gasteiger partial charge in [0.25, 0.3) is 11.8 Å². The average Bonchev–Trinajstić information content (AvgIpc) is 3.07. The zero-order chi connectivity index (χ0) is 23.8. The van der Waals surface area contributed by atoms with E-state index in [4.69, 9.17) is 0 Å². The van der Waals surface area contributed by atoms with E-state index in [1.807, 2.05) is 6.07 Å². The minimum absolute atomic E-state index is 0.122. The van der Waals surface area contributed by atoms with Gasteiger partial charge in [-0.2, -0.15) is 0 Å². The van der Waals surface area contributed by atoms with Crippen LogP contribution in [-0.4, -0.2) is 40.6 Å². The van der Waals surface area contributed by atoms with Crippen molar-refractivity contribution >= 4 is 29.3 Å². The predicted octanol–water partition coefficient (Wildman–Crippen LogP) is 4.27. The summed E-state index contributed by atoms with van der Waals surface area (Å²) in [4.78, 5) is 51.3. The molecule has 1 aromatic carbocycles. The van der Waals surface area contributed by atoms with E-state index in [2.05, 4.69) is 17.6 Å². The number of rotatable bonds is 5. The van der Waals surface area contributed by atoms with Crippen molar-refractivity contribution in [1.82, 2.24) is 10.2 Å². The third-order valence-electron chi connectivity index (χ3n) is 8.54. The summed E-state index contributed by atoms with van der Waals surface area (Å²) in [6.45, 7) is 2.36. The van der Waals surface area contributed by atoms with E-state index >= 15 is 0 Å². The Labute approximate surface area is 201 Å². The second kappa shape index (κ2) is 9.51. The van der Waals surface area contributed by atoms with Gasteiger partial charge in [0, 0.05) is 18.2 Å². The van der Waals surface area contributed by atoms with Gasteiger partial charge in [0.1, 0.15) is 6.04 Å². The second-order valence-corrected chi connectivity index (χ2v) is 10.8. The van der Waals surface area contributed by atoms with Gasteiger partial charge in [-0.1, -0.05) is 45.1 Å². The highest BCUT2D eigenvalue weighted by Gasteiger charge is 2.45. The van der Waals surface area contributed by atoms with Crippen LogP contribution < -0.4 is 10.6 Å². The third kappa shape index (κ3) is 4.37. The lowest BCUT2D eigenvalue weighted by atomic mass is 9.71. The number of amides is 4. The molecule has 7 heteroatoms. The Kier molecular flexibility index (Phi) is 6.45. The van der Waals surface area contributed by atoms with Gasteiger partial charge in [0.15, 0.2) is 0 Å². The first kappa shape index (κ1) is 23.1. The molecular weight excluding hydrogens is 430 g/mol. The number of hydrogen-bond donors (Lipinski definition) is 2. The molecule has 2 N–H and O–H groups in total. The minimum Gasteiger partial charge on any atom is -0.382 e. The van der Waals surface area contributed by atoms with E-state index in [0.717, 1.165) is 29.6 Å². The van der Waals surface area contributed by atoms with Crippen LogP contribution in [-0.2, 0) is 9.59 Å². The monoisotopic (exact) mass is 465 g/mol. The van der Waals surface area contributed by atoms with E-state index < -0.39 is 23.8 Å². The van der Waals surface area contributed by atoms with Gasteiger partial charge < -0.3 is 5.32 Å². The van der Waals surface area contributed by atoms with Crippen LogP contribution in [0.3, 0.4) is 0 Å². The topological polar surface area (TPSA) is 95.6 Å². The number of nitrogens with zero attached hydrogens (tertiary/aromatic N) is 1. The van der Waals surface area contributed by atoms with Gasteiger partial charge in [-0.3, -0.25) is 29.4 Å². The van der Waals surface area contributed by atoms with Crippen molar-refractivity contribution in [2.75, 3.05) is 5.32 Å². The quantitative estimate of drug-likeness (QED) is 0.633. The van der Waals surface area contributed by atoms with Crippen LogP contribution in [0.4, 0.5) is 5.69 Å². The molecule has 34 heavy (non-hydrogen) atoms. The summed E-state index contributed by atoms with van der Waals surface area (Å²) < 4.78 is 0. The Morgan fingerprint density at radius 3 is 2.50 bits per heavy atom. The first-order valence-electron chi connectivity index (χ1n) is 13.0. The fourth-order valence-corrected chi connectivity index (χ4v) is 6.65. The molecule has 1 saturated heterocycles. The number of imide groups is 2. The fourth-order valence-electron chi connectivity index (χ4n) is 6.65. The lowest BCUT2D eigenvalue weighted by Gasteiger charge is -2.37. The van der Waals surface area contributed by atoms with E-state index in [0.29, 0.717) is 22.7 Å². The summed E-state index contributed by atoms with van der Waals surface area (Å²) in [5.41, 5.74) is 1.36. The highest BCUT2D eigenvalue weighted by Crippen LogP contribution is 2.40. The molecule has 2 aliphatic heterocycles. The normalized spacial score (nSPS) is 30.3. The summed E-state index contributed by atoms with van der Waals surface area (Å²) in [5, 5.41) is 5.83. The van der Waals surface area contributed by atoms with E-state index in [-0.39, 0.29) is 24.8 Å². The highest BCUT2D eigenvalue weighted by atomic mass is 16.2. The van der Waals surface area contributed by atoms with Gasteiger partial charge in [-0.25, -0.2) is 0 Å². The van der Waals surface area contributed by atoms with Crippen molar-refractivity contribution < 1.29 is 19.2 Å². The Bertz CT molecular complexity index is 1000. The maximum absolute atomic E-state index is 13.3. The molecule has 4 amide bonds. The number of fused-ring (bicyclic) bond motifs is 1. The number of piperidine rings is 1. The van der Waals surface area contributed by atoms with Crippen LogP contribution >= 0.6 is 0 Å². The van der Waals surface area contributed by atoms with Crippen molar-refractivity contribution in [3.05, 3.63) is 29.3 Å². The Morgan fingerprint density at radius 2 is 1.76 bits per heavy atom. The van der Waals surface area contributed by atoms with Crippen LogP contribution in [0.5, 0.6) is 0 Å². The largest absolute Gasteiger partial charge is 0.382 e. The third-order valence-corrected chi connectivity index (χ3v) is 8.54. The number of anilines is 1. The van der Waals surface area contributed by atoms with E-state index in [1.54, 1.807) is 12.1 Å². The summed E-state index contributed by atoms with van der Waals surface area (Å²) in [5.74, 6) is 0.444. The maximum Gasteiger partial charge on any atom is 0.264 e. The molecular formula is C27H35N3O4. The van der Waals surface area contributed by atoms with Crippen molar-refractivity contribution in [3.8, 4) is 0 Å². The van der Waals surface area contributed by atoms with Crippen LogP contribution in [0, 0.1) is 17.8 Å². The van der Waals surface area contributed by atoms with E-state index in [1.165, 1.54) is 44.9 Å². The van der Waals surface area contributed by atoms with E-state index in [9.17, 15) is 19.2 Å². The van der Waals surface area contributed by atoms with Gasteiger partial charge in [0.2, 0.25) is 11.8 Å². The van der Waals surface area contributed by atoms with Crippen molar-refractivity contribution in [1.29, 1.82) is 0 Å². The number of nitrogens with one attached hydrogen (secondary N) is 2. The first-order chi connectivity index (χ1) is 16.4. The van der Waals surface area contributed by atoms with Crippen LogP contribution in [0.15, 0.2) is 18.2 Å². The molecule has 2 aliphatic carbocycles. The molecule has 4 atom stereocenters. The van der Waals surface area contributed by atoms with Crippen LogP contribution in [0.2, 0.25) is 0 Å². The predicted molar refractivity (Wildman–Crippen MR) is 128 cm³/mol. The summed E-state index contributed by atoms with van der Waals surface area (Å²) in [6.07, 6.45) is 11.9. The van der Waals surface area contributed by atoms with Crippen molar-refractivity contribution in [2.45, 2.75) is 89.6 Å². The lowest BCUT2D eigenvalue weighted by Crippen LogP contribution is -2.54. The summed E-state index contributed by atoms with van der Waals surface area (Å²) in [7, 11) is 0. The van der Waals surface area contributed by atoms with Crippen LogP contribution in [0.25, 0.3) is 0 Å². The molecule has 0 bridgehead atoms. The fraction of sp³-hybridized carbons (Fsp3) is 0.630. The first-order valence-corrected chi connectivity index (χ1v) is 13.0. The standard InChI is InChI=1S/C27H35N3O4/c1-16-14-19(11-10-18(16)15-17-6-3-2-4-7-17)28-21-9-5-8-20-24(21)27(34)30(26(20)33)22-12-13-23(31)29-25(22)32/h5,8-9,16-19,22,28H,2-4,6-7,10-15H2,1H3,(H,29,31,32). The molecule has 4 unspecified atom stereocenters. The Morgan fingerprint density at radius 1 is 0.971 bits per heavy atom. The molecule has 0 aromatic heterocycles. The highest BCUT2D eigenvalue weighted by molar-refractivity contribution is 6.25. The Balaban J connectivity index is 1.27. The average molecular weight is 466 g/mol. The molecule has 182 valence electrons. The van der Waals surface area contributed by atoms with Gasteiger partial charge >= 0.3 is 0 Å². The molecule has 2 saturated carbocycles. The molecule has 4 aliphatic rings. The van der Waals surface area contributed by atoms with Gasteiger partial charge in [0.05, 0.1) is 11.1 Å². The summed E-state index contributed by atoms with van der Waals surface area (Å²) in [6, 6.07) is 4.62. The van der Waals surface area contributed by atoms with Crippen molar-refractivity contribution in [3.63, 3.8) is 0 Å². The number of carbonyl (C=O) groups is 4. The number of carbonyl (C=O) groups excluding carboxylic acids is 4. The zero-order valence-corrected chi connectivity index (χ0v) is 20.0. The number of hydrogen-bond acceptors (Lipinski definition) is 5. The van der Waals surface area contributed by atoms with Crippen molar-refractivity contribution in [2.24, 2.45) is 17.8 Å². The molecule has 2 heterocycles. The van der Waals surface area contributed by atoms with Crippen LogP contribution in [0.1, 0.15) is 98.3 Å². The molecule has 7 nitrogen and oxygen atoms in total. The van der Waals surface area contributed by atoms with Gasteiger partial charge in [-0.05, 0) is 62.0 Å². The second-order valence-electron chi connectivity index (χ2n) is 10.8. The molecule has 0 radical (unpaired) electrons. The van der Waals surface area contributed by atoms with Gasteiger partial charge in [-0.15, -0.1) is 0 Å². The minimum atomic E-state index is -0.937. The maximum atomic E-state index is 13.3. The summed E-state index contributed by atoms with van der Waals surface area (Å²) >= 11 is 0. The molecule has 1 aromatic rings. The molecule has 3 fully saturated rings. The zero-order valence-electron chi connectivity index (χ0n) is 20.0. The molecule has 5 rings (SSSR count). The smallest absolute Gasteiger partial charge is 0.264 e. The molecule has 0 spiro atoms.